The summed E-state index contributed by atoms with van der Waals surface area (Å²) < 4.78 is 4.63. The van der Waals surface area contributed by atoms with Crippen LogP contribution in [0.2, 0.25) is 0 Å². The van der Waals surface area contributed by atoms with Crippen LogP contribution in [0.25, 0.3) is 0 Å². The zero-order valence-electron chi connectivity index (χ0n) is 9.25. The van der Waals surface area contributed by atoms with Gasteiger partial charge >= 0.3 is 5.97 Å². The van der Waals surface area contributed by atoms with E-state index in [0.29, 0.717) is 0 Å². The molecule has 1 rings (SSSR count). The number of hydrogen-bond donors (Lipinski definition) is 7. The normalized spacial score (nSPS) is 40.2. The average molecular weight is 268 g/mol. The Labute approximate surface area is 101 Å². The predicted octanol–water partition coefficient (Wildman–Crippen LogP) is -4.02. The summed E-state index contributed by atoms with van der Waals surface area (Å²) in [7, 11) is 0. The van der Waals surface area contributed by atoms with Crippen molar-refractivity contribution in [1.29, 1.82) is 0 Å². The highest BCUT2D eigenvalue weighted by atomic mass is 16.7. The lowest BCUT2D eigenvalue weighted by Crippen LogP contribution is -2.63. The third kappa shape index (κ3) is 2.78. The van der Waals surface area contributed by atoms with Gasteiger partial charge in [0, 0.05) is 6.42 Å². The molecule has 0 aromatic heterocycles. The molecule has 1 saturated heterocycles. The topological polar surface area (TPSA) is 168 Å². The minimum absolute atomic E-state index is 0.790. The number of aliphatic hydroxyl groups is 6. The second kappa shape index (κ2) is 5.45. The van der Waals surface area contributed by atoms with E-state index in [9.17, 15) is 30.3 Å². The standard InChI is InChI=1S/C9H16O9/c10-2-4(12)6(14)7-5(13)3(11)1-9(17,18-7)8(15)16/h3-7,10-14,17H,1-2H2,(H,15,16)/t3-,4+,5+,6+,7?,9+/m0/s1. The molecule has 9 heteroatoms. The van der Waals surface area contributed by atoms with Crippen molar-refractivity contribution < 1.29 is 45.3 Å². The molecule has 0 aromatic rings. The van der Waals surface area contributed by atoms with Crippen LogP contribution in [-0.4, -0.2) is 84.6 Å². The van der Waals surface area contributed by atoms with E-state index in [0.717, 1.165) is 0 Å². The van der Waals surface area contributed by atoms with Gasteiger partial charge in [0.1, 0.15) is 24.4 Å². The van der Waals surface area contributed by atoms with Crippen LogP contribution in [0.5, 0.6) is 0 Å². The second-order valence-electron chi connectivity index (χ2n) is 4.17. The van der Waals surface area contributed by atoms with Crippen molar-refractivity contribution in [1.82, 2.24) is 0 Å². The zero-order chi connectivity index (χ0) is 14.1. The third-order valence-electron chi connectivity index (χ3n) is 2.80. The van der Waals surface area contributed by atoms with Crippen molar-refractivity contribution in [2.45, 2.75) is 42.7 Å². The van der Waals surface area contributed by atoms with Gasteiger partial charge in [-0.25, -0.2) is 4.79 Å². The summed E-state index contributed by atoms with van der Waals surface area (Å²) in [6.45, 7) is -0.866. The van der Waals surface area contributed by atoms with Gasteiger partial charge in [-0.2, -0.15) is 0 Å². The molecule has 6 atom stereocenters. The molecule has 1 unspecified atom stereocenters. The Morgan fingerprint density at radius 3 is 2.39 bits per heavy atom. The van der Waals surface area contributed by atoms with Gasteiger partial charge in [0.15, 0.2) is 0 Å². The van der Waals surface area contributed by atoms with Crippen molar-refractivity contribution in [2.24, 2.45) is 0 Å². The number of carboxylic acid groups (broad SMARTS) is 1. The SMILES string of the molecule is O=C(O)[C@@]1(O)C[C@H](O)[C@@H](O)C([C@H](O)[C@H](O)CO)O1. The molecule has 0 spiro atoms. The molecule has 7 N–H and O–H groups in total. The van der Waals surface area contributed by atoms with E-state index in [1.54, 1.807) is 0 Å². The van der Waals surface area contributed by atoms with Gasteiger partial charge in [-0.3, -0.25) is 0 Å². The van der Waals surface area contributed by atoms with Crippen LogP contribution in [0.1, 0.15) is 6.42 Å². The molecule has 0 amide bonds. The van der Waals surface area contributed by atoms with Crippen molar-refractivity contribution in [3.63, 3.8) is 0 Å². The maximum absolute atomic E-state index is 10.8. The van der Waals surface area contributed by atoms with Gasteiger partial charge in [0.2, 0.25) is 0 Å². The predicted molar refractivity (Wildman–Crippen MR) is 53.2 cm³/mol. The van der Waals surface area contributed by atoms with Crippen LogP contribution >= 0.6 is 0 Å². The first-order valence-electron chi connectivity index (χ1n) is 5.19. The van der Waals surface area contributed by atoms with Crippen molar-refractivity contribution in [3.8, 4) is 0 Å². The summed E-state index contributed by atoms with van der Waals surface area (Å²) in [6, 6.07) is 0. The Bertz CT molecular complexity index is 308. The first kappa shape index (κ1) is 15.2. The highest BCUT2D eigenvalue weighted by Gasteiger charge is 2.53. The van der Waals surface area contributed by atoms with Crippen LogP contribution in [0.4, 0.5) is 0 Å². The number of carboxylic acids is 1. The number of carbonyl (C=O) groups is 1. The fourth-order valence-electron chi connectivity index (χ4n) is 1.70. The molecule has 0 saturated carbocycles. The van der Waals surface area contributed by atoms with E-state index in [2.05, 4.69) is 4.74 Å². The molecule has 0 bridgehead atoms. The van der Waals surface area contributed by atoms with E-state index in [4.69, 9.17) is 10.2 Å². The van der Waals surface area contributed by atoms with Gasteiger partial charge in [-0.05, 0) is 0 Å². The third-order valence-corrected chi connectivity index (χ3v) is 2.80. The van der Waals surface area contributed by atoms with E-state index < -0.39 is 55.3 Å². The first-order valence-corrected chi connectivity index (χ1v) is 5.19. The lowest BCUT2D eigenvalue weighted by atomic mass is 9.91. The smallest absolute Gasteiger partial charge is 0.364 e. The van der Waals surface area contributed by atoms with Gasteiger partial charge in [0.05, 0.1) is 12.7 Å². The summed E-state index contributed by atoms with van der Waals surface area (Å²) in [5.41, 5.74) is 0. The average Bonchev–Trinajstić information content (AvgIpc) is 2.31. The highest BCUT2D eigenvalue weighted by molar-refractivity contribution is 5.75. The van der Waals surface area contributed by atoms with Crippen molar-refractivity contribution >= 4 is 5.97 Å². The maximum Gasteiger partial charge on any atom is 0.364 e. The van der Waals surface area contributed by atoms with Gasteiger partial charge < -0.3 is 40.5 Å². The van der Waals surface area contributed by atoms with E-state index in [-0.39, 0.29) is 0 Å². The minimum Gasteiger partial charge on any atom is -0.477 e. The lowest BCUT2D eigenvalue weighted by molar-refractivity contribution is -0.312. The Kier molecular flexibility index (Phi) is 4.61. The fraction of sp³-hybridized carbons (Fsp3) is 0.889. The largest absolute Gasteiger partial charge is 0.477 e. The second-order valence-corrected chi connectivity index (χ2v) is 4.17. The number of rotatable bonds is 4. The molecule has 1 heterocycles. The molecule has 1 aliphatic heterocycles. The van der Waals surface area contributed by atoms with Crippen LogP contribution in [-0.2, 0) is 9.53 Å². The molecule has 18 heavy (non-hydrogen) atoms. The van der Waals surface area contributed by atoms with Crippen molar-refractivity contribution in [2.75, 3.05) is 6.61 Å². The first-order chi connectivity index (χ1) is 8.23. The molecule has 106 valence electrons. The Balaban J connectivity index is 2.92. The molecule has 1 aliphatic rings. The quantitative estimate of drug-likeness (QED) is 0.268. The molecule has 1 fully saturated rings. The summed E-state index contributed by atoms with van der Waals surface area (Å²) in [5.74, 6) is -4.58. The van der Waals surface area contributed by atoms with Crippen LogP contribution in [0.15, 0.2) is 0 Å². The summed E-state index contributed by atoms with van der Waals surface area (Å²) in [6.07, 6.45) is -9.50. The fourth-order valence-corrected chi connectivity index (χ4v) is 1.70. The summed E-state index contributed by atoms with van der Waals surface area (Å²) in [5, 5.41) is 64.6. The van der Waals surface area contributed by atoms with E-state index in [1.165, 1.54) is 0 Å². The summed E-state index contributed by atoms with van der Waals surface area (Å²) >= 11 is 0. The molecule has 0 aliphatic carbocycles. The minimum atomic E-state index is -2.78. The zero-order valence-corrected chi connectivity index (χ0v) is 9.25. The van der Waals surface area contributed by atoms with Crippen LogP contribution < -0.4 is 0 Å². The number of hydrogen-bond acceptors (Lipinski definition) is 8. The Morgan fingerprint density at radius 2 is 1.94 bits per heavy atom. The van der Waals surface area contributed by atoms with E-state index >= 15 is 0 Å². The number of aliphatic hydroxyl groups excluding tert-OH is 5. The van der Waals surface area contributed by atoms with Gasteiger partial charge in [-0.1, -0.05) is 0 Å². The molecule has 0 radical (unpaired) electrons. The maximum atomic E-state index is 10.8. The monoisotopic (exact) mass is 268 g/mol. The van der Waals surface area contributed by atoms with Gasteiger partial charge in [-0.15, -0.1) is 0 Å². The lowest BCUT2D eigenvalue weighted by Gasteiger charge is -2.42. The number of aliphatic carboxylic acids is 1. The number of ether oxygens (including phenoxy) is 1. The van der Waals surface area contributed by atoms with Crippen molar-refractivity contribution in [3.05, 3.63) is 0 Å². The molecule has 0 aromatic carbocycles. The molecule has 9 nitrogen and oxygen atoms in total. The molecular formula is C9H16O9. The Hall–Kier alpha value is -0.810. The van der Waals surface area contributed by atoms with Gasteiger partial charge in [0.25, 0.3) is 5.79 Å². The van der Waals surface area contributed by atoms with Crippen LogP contribution in [0.3, 0.4) is 0 Å². The highest BCUT2D eigenvalue weighted by Crippen LogP contribution is 2.30. The summed E-state index contributed by atoms with van der Waals surface area (Å²) in [4.78, 5) is 10.8. The molecular weight excluding hydrogens is 252 g/mol. The van der Waals surface area contributed by atoms with Crippen LogP contribution in [0, 0.1) is 0 Å². The van der Waals surface area contributed by atoms with E-state index in [1.807, 2.05) is 0 Å². The Morgan fingerprint density at radius 1 is 1.39 bits per heavy atom.